The molecule has 1 N–H and O–H groups in total. The predicted octanol–water partition coefficient (Wildman–Crippen LogP) is 5.02. The molecule has 2 aliphatic heterocycles. The minimum absolute atomic E-state index is 0.122. The highest BCUT2D eigenvalue weighted by Crippen LogP contribution is 2.39. The number of nitrogens with zero attached hydrogens (tertiary/aromatic N) is 2. The highest BCUT2D eigenvalue weighted by atomic mass is 16.5. The summed E-state index contributed by atoms with van der Waals surface area (Å²) in [5, 5.41) is 1.29. The Morgan fingerprint density at radius 1 is 1.09 bits per heavy atom. The first-order valence-electron chi connectivity index (χ1n) is 12.7. The summed E-state index contributed by atoms with van der Waals surface area (Å²) in [6, 6.07) is 9.52. The van der Waals surface area contributed by atoms with E-state index in [-0.39, 0.29) is 5.56 Å². The van der Waals surface area contributed by atoms with Crippen LogP contribution in [-0.4, -0.2) is 53.9 Å². The topological polar surface area (TPSA) is 59.5 Å². The zero-order chi connectivity index (χ0) is 23.8. The van der Waals surface area contributed by atoms with Crippen molar-refractivity contribution in [2.24, 2.45) is 7.05 Å². The number of methoxy groups -OCH3 is 1. The molecule has 0 aliphatic carbocycles. The van der Waals surface area contributed by atoms with Crippen LogP contribution in [0.25, 0.3) is 22.2 Å². The van der Waals surface area contributed by atoms with Gasteiger partial charge < -0.3 is 23.9 Å². The molecular weight excluding hydrogens is 426 g/mol. The molecule has 6 nitrogen and oxygen atoms in total. The van der Waals surface area contributed by atoms with Gasteiger partial charge in [0.15, 0.2) is 5.75 Å². The monoisotopic (exact) mass is 463 g/mol. The molecule has 6 heteroatoms. The first-order valence-corrected chi connectivity index (χ1v) is 12.7. The number of H-pyrrole nitrogens is 1. The summed E-state index contributed by atoms with van der Waals surface area (Å²) in [7, 11) is 3.32. The SMILES string of the molecule is COc1cc(-c2[nH]c3ccc(C4CCN(C5CCOCC5)CC4)cc3c2C(C)C)cn(C)c1=O. The van der Waals surface area contributed by atoms with Gasteiger partial charge in [0.2, 0.25) is 0 Å². The molecule has 0 unspecified atom stereocenters. The van der Waals surface area contributed by atoms with Gasteiger partial charge in [-0.3, -0.25) is 4.79 Å². The Labute approximate surface area is 201 Å². The molecular formula is C28H37N3O3. The maximum absolute atomic E-state index is 12.3. The van der Waals surface area contributed by atoms with Crippen LogP contribution in [0.2, 0.25) is 0 Å². The van der Waals surface area contributed by atoms with E-state index in [1.165, 1.54) is 55.3 Å². The summed E-state index contributed by atoms with van der Waals surface area (Å²) in [5.41, 5.74) is 5.83. The Morgan fingerprint density at radius 2 is 1.82 bits per heavy atom. The molecule has 0 radical (unpaired) electrons. The van der Waals surface area contributed by atoms with E-state index in [9.17, 15) is 4.79 Å². The number of aromatic nitrogens is 2. The van der Waals surface area contributed by atoms with Gasteiger partial charge in [0.05, 0.1) is 12.8 Å². The normalized spacial score (nSPS) is 18.7. The highest BCUT2D eigenvalue weighted by molar-refractivity contribution is 5.92. The van der Waals surface area contributed by atoms with Crippen LogP contribution in [0.1, 0.15) is 62.5 Å². The van der Waals surface area contributed by atoms with E-state index in [2.05, 4.69) is 41.9 Å². The molecule has 5 rings (SSSR count). The summed E-state index contributed by atoms with van der Waals surface area (Å²) in [6.07, 6.45) is 6.69. The van der Waals surface area contributed by atoms with Crippen molar-refractivity contribution in [3.63, 3.8) is 0 Å². The summed E-state index contributed by atoms with van der Waals surface area (Å²) >= 11 is 0. The molecule has 2 aromatic heterocycles. The van der Waals surface area contributed by atoms with Crippen LogP contribution in [-0.2, 0) is 11.8 Å². The second-order valence-corrected chi connectivity index (χ2v) is 10.2. The lowest BCUT2D eigenvalue weighted by Gasteiger charge is -2.39. The third-order valence-electron chi connectivity index (χ3n) is 7.81. The zero-order valence-corrected chi connectivity index (χ0v) is 20.9. The Morgan fingerprint density at radius 3 is 2.50 bits per heavy atom. The van der Waals surface area contributed by atoms with Crippen LogP contribution >= 0.6 is 0 Å². The van der Waals surface area contributed by atoms with Crippen molar-refractivity contribution in [3.8, 4) is 17.0 Å². The second kappa shape index (κ2) is 9.59. The van der Waals surface area contributed by atoms with E-state index in [4.69, 9.17) is 9.47 Å². The molecule has 34 heavy (non-hydrogen) atoms. The molecule has 2 fully saturated rings. The van der Waals surface area contributed by atoms with Gasteiger partial charge in [-0.2, -0.15) is 0 Å². The van der Waals surface area contributed by atoms with Crippen LogP contribution in [0, 0.1) is 0 Å². The first-order chi connectivity index (χ1) is 16.5. The van der Waals surface area contributed by atoms with E-state index in [0.29, 0.717) is 23.6 Å². The molecule has 0 amide bonds. The van der Waals surface area contributed by atoms with Gasteiger partial charge in [-0.05, 0) is 79.9 Å². The molecule has 4 heterocycles. The van der Waals surface area contributed by atoms with Crippen LogP contribution in [0.15, 0.2) is 35.3 Å². The van der Waals surface area contributed by atoms with Gasteiger partial charge in [0.25, 0.3) is 5.56 Å². The van der Waals surface area contributed by atoms with E-state index in [0.717, 1.165) is 30.0 Å². The number of pyridine rings is 1. The molecule has 2 aliphatic rings. The molecule has 2 saturated heterocycles. The Bertz CT molecular complexity index is 1210. The third-order valence-corrected chi connectivity index (χ3v) is 7.81. The summed E-state index contributed by atoms with van der Waals surface area (Å²) < 4.78 is 12.5. The average molecular weight is 464 g/mol. The minimum atomic E-state index is -0.122. The lowest BCUT2D eigenvalue weighted by molar-refractivity contribution is 0.0252. The largest absolute Gasteiger partial charge is 0.491 e. The van der Waals surface area contributed by atoms with Gasteiger partial charge in [-0.1, -0.05) is 19.9 Å². The van der Waals surface area contributed by atoms with Gasteiger partial charge in [0, 0.05) is 49.0 Å². The molecule has 0 bridgehead atoms. The van der Waals surface area contributed by atoms with Crippen molar-refractivity contribution in [1.29, 1.82) is 0 Å². The third kappa shape index (κ3) is 4.29. The van der Waals surface area contributed by atoms with Crippen molar-refractivity contribution in [1.82, 2.24) is 14.5 Å². The standard InChI is InChI=1S/C28H37N3O3/c1-18(2)26-23-15-20(19-7-11-31(12-8-19)22-9-13-34-14-10-22)5-6-24(23)29-27(26)21-16-25(33-4)28(32)30(3)17-21/h5-6,15-19,22,29H,7-14H2,1-4H3. The first kappa shape index (κ1) is 23.2. The number of benzene rings is 1. The van der Waals surface area contributed by atoms with E-state index < -0.39 is 0 Å². The van der Waals surface area contributed by atoms with Crippen LogP contribution in [0.3, 0.4) is 0 Å². The van der Waals surface area contributed by atoms with Gasteiger partial charge in [0.1, 0.15) is 0 Å². The van der Waals surface area contributed by atoms with Crippen molar-refractivity contribution in [2.75, 3.05) is 33.4 Å². The summed E-state index contributed by atoms with van der Waals surface area (Å²) in [5.74, 6) is 1.32. The number of ether oxygens (including phenoxy) is 2. The number of fused-ring (bicyclic) bond motifs is 1. The lowest BCUT2D eigenvalue weighted by Crippen LogP contribution is -2.43. The second-order valence-electron chi connectivity index (χ2n) is 10.2. The van der Waals surface area contributed by atoms with E-state index >= 15 is 0 Å². The van der Waals surface area contributed by atoms with Gasteiger partial charge in [-0.25, -0.2) is 0 Å². The number of hydrogen-bond donors (Lipinski definition) is 1. The number of piperidine rings is 1. The predicted molar refractivity (Wildman–Crippen MR) is 137 cm³/mol. The van der Waals surface area contributed by atoms with Crippen molar-refractivity contribution in [3.05, 3.63) is 51.9 Å². The highest BCUT2D eigenvalue weighted by Gasteiger charge is 2.28. The summed E-state index contributed by atoms with van der Waals surface area (Å²) in [4.78, 5) is 18.7. The zero-order valence-electron chi connectivity index (χ0n) is 20.9. The van der Waals surface area contributed by atoms with Crippen molar-refractivity contribution in [2.45, 2.75) is 57.4 Å². The van der Waals surface area contributed by atoms with Crippen LogP contribution in [0.5, 0.6) is 5.75 Å². The maximum Gasteiger partial charge on any atom is 0.292 e. The lowest BCUT2D eigenvalue weighted by atomic mass is 9.86. The molecule has 0 atom stereocenters. The molecule has 0 spiro atoms. The Hall–Kier alpha value is -2.57. The van der Waals surface area contributed by atoms with Crippen molar-refractivity contribution < 1.29 is 9.47 Å². The van der Waals surface area contributed by atoms with Crippen molar-refractivity contribution >= 4 is 10.9 Å². The smallest absolute Gasteiger partial charge is 0.292 e. The number of rotatable bonds is 5. The maximum atomic E-state index is 12.3. The van der Waals surface area contributed by atoms with E-state index in [1.54, 1.807) is 18.7 Å². The Balaban J connectivity index is 1.45. The number of hydrogen-bond acceptors (Lipinski definition) is 4. The fourth-order valence-electron chi connectivity index (χ4n) is 5.92. The number of likely N-dealkylation sites (tertiary alicyclic amines) is 1. The van der Waals surface area contributed by atoms with Crippen LogP contribution < -0.4 is 10.3 Å². The average Bonchev–Trinajstić information content (AvgIpc) is 3.25. The number of aromatic amines is 1. The van der Waals surface area contributed by atoms with E-state index in [1.807, 2.05) is 12.3 Å². The quantitative estimate of drug-likeness (QED) is 0.577. The minimum Gasteiger partial charge on any atom is -0.491 e. The molecule has 3 aromatic rings. The Kier molecular flexibility index (Phi) is 6.54. The number of nitrogens with one attached hydrogen (secondary N) is 1. The molecule has 1 aromatic carbocycles. The molecule has 0 saturated carbocycles. The fraction of sp³-hybridized carbons (Fsp3) is 0.536. The fourth-order valence-corrected chi connectivity index (χ4v) is 5.92. The van der Waals surface area contributed by atoms with Gasteiger partial charge in [-0.15, -0.1) is 0 Å². The molecule has 182 valence electrons. The van der Waals surface area contributed by atoms with Gasteiger partial charge >= 0.3 is 0 Å². The summed E-state index contributed by atoms with van der Waals surface area (Å²) in [6.45, 7) is 8.67. The van der Waals surface area contributed by atoms with Crippen LogP contribution in [0.4, 0.5) is 0 Å². The number of aryl methyl sites for hydroxylation is 1.